The van der Waals surface area contributed by atoms with E-state index in [-0.39, 0.29) is 12.2 Å². The van der Waals surface area contributed by atoms with Gasteiger partial charge in [-0.25, -0.2) is 0 Å². The van der Waals surface area contributed by atoms with Gasteiger partial charge >= 0.3 is 0 Å². The van der Waals surface area contributed by atoms with Gasteiger partial charge in [0, 0.05) is 12.0 Å². The Hall–Kier alpha value is -2.97. The van der Waals surface area contributed by atoms with Crippen molar-refractivity contribution in [2.24, 2.45) is 0 Å². The lowest BCUT2D eigenvalue weighted by molar-refractivity contribution is 0.0883. The van der Waals surface area contributed by atoms with E-state index in [1.165, 1.54) is 0 Å². The maximum Gasteiger partial charge on any atom is 0.166 e. The smallest absolute Gasteiger partial charge is 0.166 e. The van der Waals surface area contributed by atoms with Crippen LogP contribution in [-0.2, 0) is 0 Å². The van der Waals surface area contributed by atoms with Crippen molar-refractivity contribution in [3.05, 3.63) is 96.1 Å². The summed E-state index contributed by atoms with van der Waals surface area (Å²) in [6, 6.07) is 27.3. The first-order chi connectivity index (χ1) is 12.2. The van der Waals surface area contributed by atoms with Gasteiger partial charge in [0.2, 0.25) is 0 Å². The molecule has 0 aliphatic carbocycles. The van der Waals surface area contributed by atoms with Crippen LogP contribution in [0.25, 0.3) is 21.5 Å². The third kappa shape index (κ3) is 2.92. The number of carbonyl (C=O) groups is 1. The first kappa shape index (κ1) is 15.6. The van der Waals surface area contributed by atoms with Gasteiger partial charge in [-0.2, -0.15) is 0 Å². The molecule has 1 unspecified atom stereocenters. The highest BCUT2D eigenvalue weighted by Gasteiger charge is 2.18. The molecular weight excluding hydrogens is 308 g/mol. The van der Waals surface area contributed by atoms with Crippen LogP contribution in [0.3, 0.4) is 0 Å². The summed E-state index contributed by atoms with van der Waals surface area (Å²) in [5.74, 6) is -0.0442. The number of rotatable bonds is 4. The summed E-state index contributed by atoms with van der Waals surface area (Å²) in [5, 5.41) is 14.7. The van der Waals surface area contributed by atoms with Gasteiger partial charge in [0.1, 0.15) is 0 Å². The number of fused-ring (bicyclic) bond motifs is 2. The zero-order chi connectivity index (χ0) is 17.2. The Labute approximate surface area is 146 Å². The lowest BCUT2D eigenvalue weighted by atomic mass is 9.94. The molecule has 122 valence electrons. The molecule has 0 spiro atoms. The highest BCUT2D eigenvalue weighted by molar-refractivity contribution is 6.08. The monoisotopic (exact) mass is 326 g/mol. The molecule has 0 fully saturated rings. The van der Waals surface area contributed by atoms with Crippen LogP contribution in [0.2, 0.25) is 0 Å². The van der Waals surface area contributed by atoms with Gasteiger partial charge in [-0.1, -0.05) is 84.9 Å². The molecular formula is C23H18O2. The maximum atomic E-state index is 12.8. The van der Waals surface area contributed by atoms with Crippen molar-refractivity contribution < 1.29 is 9.90 Å². The maximum absolute atomic E-state index is 12.8. The molecule has 2 heteroatoms. The Morgan fingerprint density at radius 2 is 1.28 bits per heavy atom. The van der Waals surface area contributed by atoms with Crippen LogP contribution in [0.5, 0.6) is 0 Å². The van der Waals surface area contributed by atoms with Gasteiger partial charge in [-0.05, 0) is 27.1 Å². The average molecular weight is 326 g/mol. The standard InChI is InChI=1S/C23H18O2/c24-22(20-13-5-9-16-7-1-3-11-18(16)20)15-23(25)21-14-6-10-17-8-2-4-12-19(17)21/h1-14,22,24H,15H2. The Morgan fingerprint density at radius 3 is 2.04 bits per heavy atom. The van der Waals surface area contributed by atoms with E-state index in [1.54, 1.807) is 0 Å². The number of carbonyl (C=O) groups excluding carboxylic acids is 1. The normalized spacial score (nSPS) is 12.4. The largest absolute Gasteiger partial charge is 0.388 e. The minimum Gasteiger partial charge on any atom is -0.388 e. The van der Waals surface area contributed by atoms with Crippen molar-refractivity contribution >= 4 is 27.3 Å². The summed E-state index contributed by atoms with van der Waals surface area (Å²) in [7, 11) is 0. The molecule has 0 aliphatic rings. The fourth-order valence-electron chi connectivity index (χ4n) is 3.41. The molecule has 0 bridgehead atoms. The molecule has 0 aromatic heterocycles. The summed E-state index contributed by atoms with van der Waals surface area (Å²) >= 11 is 0. The molecule has 1 atom stereocenters. The third-order valence-corrected chi connectivity index (χ3v) is 4.65. The molecule has 4 aromatic carbocycles. The number of Topliss-reactive ketones (excluding diaryl/α,β-unsaturated/α-hetero) is 1. The predicted octanol–water partition coefficient (Wildman–Crippen LogP) is 5.30. The Kier molecular flexibility index (Phi) is 4.04. The Balaban J connectivity index is 1.68. The van der Waals surface area contributed by atoms with Crippen molar-refractivity contribution in [3.63, 3.8) is 0 Å². The van der Waals surface area contributed by atoms with E-state index in [0.717, 1.165) is 27.1 Å². The molecule has 2 nitrogen and oxygen atoms in total. The molecule has 0 radical (unpaired) electrons. The molecule has 1 N–H and O–H groups in total. The van der Waals surface area contributed by atoms with E-state index in [9.17, 15) is 9.90 Å². The molecule has 4 rings (SSSR count). The van der Waals surface area contributed by atoms with Crippen LogP contribution in [0.15, 0.2) is 84.9 Å². The lowest BCUT2D eigenvalue weighted by Crippen LogP contribution is -2.08. The summed E-state index contributed by atoms with van der Waals surface area (Å²) in [5.41, 5.74) is 1.46. The Bertz CT molecular complexity index is 1060. The number of hydrogen-bond acceptors (Lipinski definition) is 2. The topological polar surface area (TPSA) is 37.3 Å². The van der Waals surface area contributed by atoms with Crippen molar-refractivity contribution in [1.29, 1.82) is 0 Å². The number of ketones is 1. The quantitative estimate of drug-likeness (QED) is 0.517. The van der Waals surface area contributed by atoms with Gasteiger partial charge < -0.3 is 5.11 Å². The van der Waals surface area contributed by atoms with Crippen LogP contribution < -0.4 is 0 Å². The molecule has 4 aromatic rings. The van der Waals surface area contributed by atoms with Crippen molar-refractivity contribution in [1.82, 2.24) is 0 Å². The van der Waals surface area contributed by atoms with Crippen LogP contribution in [0.4, 0.5) is 0 Å². The minimum atomic E-state index is -0.822. The van der Waals surface area contributed by atoms with Crippen LogP contribution in [0.1, 0.15) is 28.4 Å². The van der Waals surface area contributed by atoms with Crippen LogP contribution in [0, 0.1) is 0 Å². The lowest BCUT2D eigenvalue weighted by Gasteiger charge is -2.14. The van der Waals surface area contributed by atoms with Crippen LogP contribution >= 0.6 is 0 Å². The number of aliphatic hydroxyl groups excluding tert-OH is 1. The van der Waals surface area contributed by atoms with Gasteiger partial charge in [-0.3, -0.25) is 4.79 Å². The number of aliphatic hydroxyl groups is 1. The van der Waals surface area contributed by atoms with Gasteiger partial charge in [0.25, 0.3) is 0 Å². The summed E-state index contributed by atoms with van der Waals surface area (Å²) in [6.45, 7) is 0. The summed E-state index contributed by atoms with van der Waals surface area (Å²) in [4.78, 5) is 12.8. The fourth-order valence-corrected chi connectivity index (χ4v) is 3.41. The Morgan fingerprint density at radius 1 is 0.720 bits per heavy atom. The van der Waals surface area contributed by atoms with E-state index >= 15 is 0 Å². The second-order valence-corrected chi connectivity index (χ2v) is 6.24. The SMILES string of the molecule is O=C(CC(O)c1cccc2ccccc12)c1cccc2ccccc12. The zero-order valence-corrected chi connectivity index (χ0v) is 13.7. The fraction of sp³-hybridized carbons (Fsp3) is 0.0870. The summed E-state index contributed by atoms with van der Waals surface area (Å²) in [6.07, 6.45) is -0.750. The molecule has 0 amide bonds. The second kappa shape index (κ2) is 6.50. The molecule has 0 heterocycles. The van der Waals surface area contributed by atoms with Crippen molar-refractivity contribution in [2.45, 2.75) is 12.5 Å². The number of hydrogen-bond donors (Lipinski definition) is 1. The van der Waals surface area contributed by atoms with E-state index in [1.807, 2.05) is 84.9 Å². The highest BCUT2D eigenvalue weighted by atomic mass is 16.3. The minimum absolute atomic E-state index is 0.0442. The van der Waals surface area contributed by atoms with E-state index in [2.05, 4.69) is 0 Å². The zero-order valence-electron chi connectivity index (χ0n) is 13.7. The first-order valence-electron chi connectivity index (χ1n) is 8.41. The van der Waals surface area contributed by atoms with Gasteiger partial charge in [0.05, 0.1) is 6.10 Å². The van der Waals surface area contributed by atoms with E-state index in [4.69, 9.17) is 0 Å². The highest BCUT2D eigenvalue weighted by Crippen LogP contribution is 2.28. The van der Waals surface area contributed by atoms with Crippen molar-refractivity contribution in [3.8, 4) is 0 Å². The van der Waals surface area contributed by atoms with Gasteiger partial charge in [-0.15, -0.1) is 0 Å². The predicted molar refractivity (Wildman–Crippen MR) is 102 cm³/mol. The number of benzene rings is 4. The third-order valence-electron chi connectivity index (χ3n) is 4.65. The van der Waals surface area contributed by atoms with E-state index in [0.29, 0.717) is 5.56 Å². The molecule has 0 saturated carbocycles. The van der Waals surface area contributed by atoms with E-state index < -0.39 is 6.10 Å². The first-order valence-corrected chi connectivity index (χ1v) is 8.41. The van der Waals surface area contributed by atoms with Crippen LogP contribution in [-0.4, -0.2) is 10.9 Å². The van der Waals surface area contributed by atoms with Gasteiger partial charge in [0.15, 0.2) is 5.78 Å². The second-order valence-electron chi connectivity index (χ2n) is 6.24. The molecule has 0 saturated heterocycles. The molecule has 25 heavy (non-hydrogen) atoms. The molecule has 0 aliphatic heterocycles. The van der Waals surface area contributed by atoms with Crippen molar-refractivity contribution in [2.75, 3.05) is 0 Å². The summed E-state index contributed by atoms with van der Waals surface area (Å²) < 4.78 is 0. The average Bonchev–Trinajstić information content (AvgIpc) is 2.67.